The number of amides is 1. The molecule has 0 saturated heterocycles. The number of nitrogens with zero attached hydrogens (tertiary/aromatic N) is 3. The van der Waals surface area contributed by atoms with Gasteiger partial charge in [-0.05, 0) is 51.8 Å². The number of aliphatic hydroxyl groups excluding tert-OH is 1. The molecule has 1 aliphatic rings. The molecule has 3 heterocycles. The molecule has 2 aromatic heterocycles. The van der Waals surface area contributed by atoms with E-state index in [1.807, 2.05) is 0 Å². The number of methoxy groups -OCH3 is 1. The Morgan fingerprint density at radius 2 is 1.76 bits per heavy atom. The van der Waals surface area contributed by atoms with Crippen LogP contribution in [0.5, 0.6) is 11.5 Å². The molecule has 1 aliphatic heterocycles. The number of thiazole rings is 2. The van der Waals surface area contributed by atoms with Crippen LogP contribution in [0.2, 0.25) is 0 Å². The molecule has 1 amide bonds. The number of carbonyl (C=O) groups is 3. The molecule has 218 valence electrons. The average Bonchev–Trinajstić information content (AvgIpc) is 3.58. The number of hydrogen-bond acceptors (Lipinski definition) is 11. The van der Waals surface area contributed by atoms with Gasteiger partial charge in [-0.25, -0.2) is 14.8 Å². The number of aliphatic hydroxyl groups is 1. The Balaban J connectivity index is 1.83. The lowest BCUT2D eigenvalue weighted by molar-refractivity contribution is -0.117. The van der Waals surface area contributed by atoms with Crippen molar-refractivity contribution in [2.45, 2.75) is 59.9 Å². The Morgan fingerprint density at radius 3 is 2.39 bits per heavy atom. The zero-order valence-corrected chi connectivity index (χ0v) is 25.5. The van der Waals surface area contributed by atoms with Crippen molar-refractivity contribution in [2.24, 2.45) is 0 Å². The lowest BCUT2D eigenvalue weighted by atomic mass is 9.95. The summed E-state index contributed by atoms with van der Waals surface area (Å²) in [5.74, 6) is -1.63. The number of hydrogen-bond donors (Lipinski definition) is 1. The van der Waals surface area contributed by atoms with Crippen LogP contribution >= 0.6 is 22.7 Å². The van der Waals surface area contributed by atoms with Crippen LogP contribution in [0.3, 0.4) is 0 Å². The van der Waals surface area contributed by atoms with E-state index in [0.29, 0.717) is 44.9 Å². The first kappa shape index (κ1) is 30.2. The normalized spacial score (nSPS) is 15.0. The van der Waals surface area contributed by atoms with Crippen molar-refractivity contribution in [3.05, 3.63) is 61.2 Å². The Morgan fingerprint density at radius 1 is 1.02 bits per heavy atom. The zero-order chi connectivity index (χ0) is 29.8. The van der Waals surface area contributed by atoms with Crippen LogP contribution < -0.4 is 14.4 Å². The number of esters is 1. The molecule has 1 unspecified atom stereocenters. The van der Waals surface area contributed by atoms with Gasteiger partial charge in [0.1, 0.15) is 4.88 Å². The summed E-state index contributed by atoms with van der Waals surface area (Å²) in [7, 11) is 1.51. The van der Waals surface area contributed by atoms with Crippen LogP contribution in [0.1, 0.15) is 80.5 Å². The van der Waals surface area contributed by atoms with Gasteiger partial charge in [-0.1, -0.05) is 37.2 Å². The molecule has 1 N–H and O–H groups in total. The summed E-state index contributed by atoms with van der Waals surface area (Å²) >= 11 is 2.15. The van der Waals surface area contributed by atoms with Gasteiger partial charge in [0.15, 0.2) is 22.4 Å². The van der Waals surface area contributed by atoms with Crippen molar-refractivity contribution in [3.8, 4) is 11.5 Å². The number of anilines is 1. The van der Waals surface area contributed by atoms with Crippen molar-refractivity contribution < 1.29 is 33.7 Å². The van der Waals surface area contributed by atoms with E-state index in [1.165, 1.54) is 23.3 Å². The molecule has 1 aromatic carbocycles. The lowest BCUT2D eigenvalue weighted by Crippen LogP contribution is -2.31. The molecule has 1 atom stereocenters. The van der Waals surface area contributed by atoms with Gasteiger partial charge in [0.05, 0.1) is 53.2 Å². The fourth-order valence-electron chi connectivity index (χ4n) is 4.59. The molecular weight excluding hydrogens is 566 g/mol. The number of aromatic nitrogens is 2. The Labute approximate surface area is 246 Å². The zero-order valence-electron chi connectivity index (χ0n) is 23.9. The summed E-state index contributed by atoms with van der Waals surface area (Å²) < 4.78 is 16.7. The number of ketones is 1. The average molecular weight is 600 g/mol. The Hall–Kier alpha value is -3.77. The highest BCUT2D eigenvalue weighted by molar-refractivity contribution is 7.17. The molecule has 4 rings (SSSR count). The van der Waals surface area contributed by atoms with Crippen LogP contribution in [0.25, 0.3) is 0 Å². The molecule has 0 spiro atoms. The number of benzene rings is 1. The minimum atomic E-state index is -1.06. The number of aryl methyl sites for hydroxylation is 3. The van der Waals surface area contributed by atoms with Gasteiger partial charge in [0.25, 0.3) is 5.91 Å². The van der Waals surface area contributed by atoms with Crippen LogP contribution in [0, 0.1) is 20.8 Å². The largest absolute Gasteiger partial charge is 0.503 e. The molecule has 41 heavy (non-hydrogen) atoms. The van der Waals surface area contributed by atoms with Gasteiger partial charge in [-0.2, -0.15) is 0 Å². The van der Waals surface area contributed by atoms with E-state index in [0.717, 1.165) is 30.6 Å². The maximum atomic E-state index is 13.9. The molecule has 0 fully saturated rings. The molecule has 0 bridgehead atoms. The summed E-state index contributed by atoms with van der Waals surface area (Å²) in [6.45, 7) is 9.63. The monoisotopic (exact) mass is 599 g/mol. The number of unbranched alkanes of at least 4 members (excludes halogenated alkanes) is 2. The predicted molar refractivity (Wildman–Crippen MR) is 157 cm³/mol. The van der Waals surface area contributed by atoms with Crippen molar-refractivity contribution in [1.29, 1.82) is 0 Å². The molecular formula is C29H33N3O7S2. The minimum absolute atomic E-state index is 0.106. The van der Waals surface area contributed by atoms with Crippen molar-refractivity contribution in [1.82, 2.24) is 9.97 Å². The summed E-state index contributed by atoms with van der Waals surface area (Å²) in [5, 5.41) is 12.0. The van der Waals surface area contributed by atoms with E-state index in [1.54, 1.807) is 45.9 Å². The maximum Gasteiger partial charge on any atom is 0.350 e. The molecule has 0 radical (unpaired) electrons. The van der Waals surface area contributed by atoms with Gasteiger partial charge >= 0.3 is 5.97 Å². The molecule has 3 aromatic rings. The second-order valence-corrected chi connectivity index (χ2v) is 11.6. The molecule has 0 saturated carbocycles. The first-order valence-electron chi connectivity index (χ1n) is 13.3. The first-order chi connectivity index (χ1) is 19.6. The third-order valence-corrected chi connectivity index (χ3v) is 8.73. The van der Waals surface area contributed by atoms with E-state index in [9.17, 15) is 19.5 Å². The van der Waals surface area contributed by atoms with E-state index in [4.69, 9.17) is 14.2 Å². The standard InChI is InChI=1S/C29H33N3O7S2/c1-7-9-10-13-39-19-12-11-18(14-20(19)37-6)22-21(23(33)25-15(3)30-17(5)40-25)24(34)27(35)32(22)29-31-16(4)26(41-29)28(36)38-8-2/h11-12,14,22,34H,7-10,13H2,1-6H3. The lowest BCUT2D eigenvalue weighted by Gasteiger charge is -2.25. The molecule has 10 nitrogen and oxygen atoms in total. The Bertz CT molecular complexity index is 1510. The summed E-state index contributed by atoms with van der Waals surface area (Å²) in [5.41, 5.74) is 1.26. The van der Waals surface area contributed by atoms with Crippen LogP contribution in [-0.2, 0) is 9.53 Å². The summed E-state index contributed by atoms with van der Waals surface area (Å²) in [6.07, 6.45) is 2.98. The first-order valence-corrected chi connectivity index (χ1v) is 15.0. The molecule has 0 aliphatic carbocycles. The van der Waals surface area contributed by atoms with E-state index in [2.05, 4.69) is 16.9 Å². The Kier molecular flexibility index (Phi) is 9.44. The number of Topliss-reactive ketones (excluding diaryl/α,β-unsaturated/α-hetero) is 1. The maximum absolute atomic E-state index is 13.9. The second kappa shape index (κ2) is 12.8. The van der Waals surface area contributed by atoms with Gasteiger partial charge in [-0.3, -0.25) is 14.5 Å². The van der Waals surface area contributed by atoms with Crippen molar-refractivity contribution in [3.63, 3.8) is 0 Å². The SMILES string of the molecule is CCCCCOc1ccc(C2C(C(=O)c3sc(C)nc3C)=C(O)C(=O)N2c2nc(C)c(C(=O)OCC)s2)cc1OC. The third kappa shape index (κ3) is 5.98. The fourth-order valence-corrected chi connectivity index (χ4v) is 6.45. The van der Waals surface area contributed by atoms with Gasteiger partial charge in [0.2, 0.25) is 5.78 Å². The topological polar surface area (TPSA) is 128 Å². The number of rotatable bonds is 12. The highest BCUT2D eigenvalue weighted by Crippen LogP contribution is 2.46. The second-order valence-electron chi connectivity index (χ2n) is 9.41. The van der Waals surface area contributed by atoms with E-state index in [-0.39, 0.29) is 22.2 Å². The third-order valence-electron chi connectivity index (χ3n) is 6.52. The highest BCUT2D eigenvalue weighted by Gasteiger charge is 2.47. The fraction of sp³-hybridized carbons (Fsp3) is 0.414. The smallest absolute Gasteiger partial charge is 0.350 e. The van der Waals surface area contributed by atoms with Crippen LogP contribution in [0.4, 0.5) is 5.13 Å². The highest BCUT2D eigenvalue weighted by atomic mass is 32.1. The van der Waals surface area contributed by atoms with E-state index >= 15 is 0 Å². The van der Waals surface area contributed by atoms with Gasteiger partial charge in [-0.15, -0.1) is 11.3 Å². The van der Waals surface area contributed by atoms with Crippen LogP contribution in [-0.4, -0.2) is 53.1 Å². The van der Waals surface area contributed by atoms with E-state index < -0.39 is 29.5 Å². The minimum Gasteiger partial charge on any atom is -0.503 e. The summed E-state index contributed by atoms with van der Waals surface area (Å²) in [4.78, 5) is 50.7. The van der Waals surface area contributed by atoms with Gasteiger partial charge < -0.3 is 19.3 Å². The van der Waals surface area contributed by atoms with Gasteiger partial charge in [0, 0.05) is 0 Å². The van der Waals surface area contributed by atoms with Crippen molar-refractivity contribution >= 4 is 45.5 Å². The summed E-state index contributed by atoms with van der Waals surface area (Å²) in [6, 6.07) is 4.08. The van der Waals surface area contributed by atoms with Crippen LogP contribution in [0.15, 0.2) is 29.5 Å². The molecule has 12 heteroatoms. The predicted octanol–water partition coefficient (Wildman–Crippen LogP) is 6.06. The van der Waals surface area contributed by atoms with Crippen molar-refractivity contribution in [2.75, 3.05) is 25.2 Å². The quantitative estimate of drug-likeness (QED) is 0.150. The number of ether oxygens (including phenoxy) is 3. The number of carbonyl (C=O) groups excluding carboxylic acids is 3.